The first kappa shape index (κ1) is 20.2. The number of carbonyl (C=O) groups excluding carboxylic acids is 2. The van der Waals surface area contributed by atoms with Gasteiger partial charge in [0.05, 0.1) is 5.57 Å². The second-order valence-corrected chi connectivity index (χ2v) is 8.00. The maximum absolute atomic E-state index is 13.1. The Kier molecular flexibility index (Phi) is 5.62. The third kappa shape index (κ3) is 3.70. The molecule has 3 rings (SSSR count). The molecule has 1 spiro atoms. The van der Waals surface area contributed by atoms with Crippen LogP contribution in [0.25, 0.3) is 5.57 Å². The van der Waals surface area contributed by atoms with Gasteiger partial charge in [-0.05, 0) is 67.9 Å². The van der Waals surface area contributed by atoms with Gasteiger partial charge in [-0.3, -0.25) is 9.59 Å². The Balaban J connectivity index is 1.90. The highest BCUT2D eigenvalue weighted by Gasteiger charge is 2.43. The van der Waals surface area contributed by atoms with Crippen LogP contribution in [0.1, 0.15) is 54.9 Å². The lowest BCUT2D eigenvalue weighted by Gasteiger charge is -2.43. The summed E-state index contributed by atoms with van der Waals surface area (Å²) in [6.07, 6.45) is 2.14. The summed E-state index contributed by atoms with van der Waals surface area (Å²) in [7, 11) is 0. The number of rotatable bonds is 2. The minimum Gasteiger partial charge on any atom is -0.512 e. The number of ketones is 1. The number of aliphatic hydroxyl groups is 2. The molecule has 2 N–H and O–H groups in total. The Labute approximate surface area is 166 Å². The minimum atomic E-state index is -0.488. The minimum absolute atomic E-state index is 0.0359. The molecule has 1 aliphatic heterocycles. The molecule has 0 aromatic heterocycles. The summed E-state index contributed by atoms with van der Waals surface area (Å²) in [4.78, 5) is 26.4. The molecule has 5 heteroatoms. The number of likely N-dealkylation sites (tertiary alicyclic amines) is 1. The van der Waals surface area contributed by atoms with Gasteiger partial charge in [-0.2, -0.15) is 0 Å². The van der Waals surface area contributed by atoms with E-state index < -0.39 is 6.61 Å². The molecule has 0 unspecified atom stereocenters. The van der Waals surface area contributed by atoms with E-state index in [9.17, 15) is 14.7 Å². The van der Waals surface area contributed by atoms with Crippen LogP contribution in [-0.2, 0) is 9.59 Å². The molecule has 0 bridgehead atoms. The van der Waals surface area contributed by atoms with Crippen molar-refractivity contribution in [3.05, 3.63) is 40.1 Å². The van der Waals surface area contributed by atoms with Crippen molar-refractivity contribution in [3.8, 4) is 11.8 Å². The maximum Gasteiger partial charge on any atom is 0.248 e. The van der Waals surface area contributed by atoms with Crippen LogP contribution < -0.4 is 0 Å². The van der Waals surface area contributed by atoms with E-state index in [2.05, 4.69) is 11.8 Å². The first-order valence-electron chi connectivity index (χ1n) is 9.68. The highest BCUT2D eigenvalue weighted by molar-refractivity contribution is 6.23. The number of aliphatic hydroxyl groups excluding tert-OH is 2. The molecule has 1 aliphatic carbocycles. The maximum atomic E-state index is 13.1. The fraction of sp³-hybridized carbons (Fsp3) is 0.478. The van der Waals surface area contributed by atoms with Crippen molar-refractivity contribution in [1.82, 2.24) is 4.90 Å². The van der Waals surface area contributed by atoms with Gasteiger partial charge in [0.15, 0.2) is 5.78 Å². The van der Waals surface area contributed by atoms with Gasteiger partial charge in [-0.25, -0.2) is 0 Å². The largest absolute Gasteiger partial charge is 0.512 e. The summed E-state index contributed by atoms with van der Waals surface area (Å²) >= 11 is 0. The average molecular weight is 381 g/mol. The first-order valence-corrected chi connectivity index (χ1v) is 9.68. The molecule has 1 aromatic carbocycles. The number of hydrogen-bond donors (Lipinski definition) is 2. The van der Waals surface area contributed by atoms with Crippen LogP contribution in [0, 0.1) is 31.1 Å². The second-order valence-electron chi connectivity index (χ2n) is 8.00. The number of amides is 1. The van der Waals surface area contributed by atoms with Crippen LogP contribution in [0.3, 0.4) is 0 Å². The number of carbonyl (C=O) groups is 2. The number of allylic oxidation sites excluding steroid dienone is 2. The number of hydrogen-bond acceptors (Lipinski definition) is 4. The standard InChI is InChI=1S/C23H27NO4/c1-4-5-17-10-15(2)21(16(3)11-17)22-18(26)12-23(13-19(22)27)6-8-24(9-7-23)20(28)14-25/h10-11,25-26H,6-9,12-14H2,1-3H3. The van der Waals surface area contributed by atoms with Crippen LogP contribution in [0.5, 0.6) is 0 Å². The number of piperidine rings is 1. The average Bonchev–Trinajstić information content (AvgIpc) is 2.63. The Morgan fingerprint density at radius 2 is 1.79 bits per heavy atom. The van der Waals surface area contributed by atoms with E-state index >= 15 is 0 Å². The van der Waals surface area contributed by atoms with Crippen LogP contribution in [0.2, 0.25) is 0 Å². The van der Waals surface area contributed by atoms with Gasteiger partial charge in [0.2, 0.25) is 5.91 Å². The van der Waals surface area contributed by atoms with Crippen molar-refractivity contribution in [2.75, 3.05) is 19.7 Å². The normalized spacial score (nSPS) is 18.9. The summed E-state index contributed by atoms with van der Waals surface area (Å²) in [6, 6.07) is 3.91. The number of benzene rings is 1. The van der Waals surface area contributed by atoms with E-state index in [0.717, 1.165) is 22.3 Å². The molecule has 0 radical (unpaired) electrons. The summed E-state index contributed by atoms with van der Waals surface area (Å²) in [6.45, 7) is 6.21. The lowest BCUT2D eigenvalue weighted by Crippen LogP contribution is -2.46. The van der Waals surface area contributed by atoms with Gasteiger partial charge < -0.3 is 15.1 Å². The van der Waals surface area contributed by atoms with Crippen molar-refractivity contribution in [3.63, 3.8) is 0 Å². The zero-order chi connectivity index (χ0) is 20.5. The molecule has 0 saturated carbocycles. The topological polar surface area (TPSA) is 77.8 Å². The third-order valence-electron chi connectivity index (χ3n) is 6.01. The zero-order valence-electron chi connectivity index (χ0n) is 16.8. The Hall–Kier alpha value is -2.58. The lowest BCUT2D eigenvalue weighted by molar-refractivity contribution is -0.137. The zero-order valence-corrected chi connectivity index (χ0v) is 16.8. The Bertz CT molecular complexity index is 885. The fourth-order valence-electron chi connectivity index (χ4n) is 4.64. The van der Waals surface area contributed by atoms with Gasteiger partial charge in [0.25, 0.3) is 0 Å². The molecule has 1 heterocycles. The Morgan fingerprint density at radius 1 is 1.18 bits per heavy atom. The van der Waals surface area contributed by atoms with Gasteiger partial charge in [0.1, 0.15) is 12.4 Å². The van der Waals surface area contributed by atoms with Crippen LogP contribution in [-0.4, -0.2) is 46.5 Å². The summed E-state index contributed by atoms with van der Waals surface area (Å²) in [5, 5.41) is 19.9. The van der Waals surface area contributed by atoms with E-state index in [1.165, 1.54) is 0 Å². The van der Waals surface area contributed by atoms with Crippen LogP contribution in [0.4, 0.5) is 0 Å². The molecule has 1 aromatic rings. The van der Waals surface area contributed by atoms with Gasteiger partial charge >= 0.3 is 0 Å². The fourth-order valence-corrected chi connectivity index (χ4v) is 4.64. The van der Waals surface area contributed by atoms with E-state index in [-0.39, 0.29) is 22.9 Å². The SMILES string of the molecule is CC#Cc1cc(C)c(C2=C(O)CC3(CCN(C(=O)CO)CC3)CC2=O)c(C)c1. The molecular formula is C23H27NO4. The highest BCUT2D eigenvalue weighted by atomic mass is 16.3. The molecule has 1 saturated heterocycles. The first-order chi connectivity index (χ1) is 13.3. The Morgan fingerprint density at radius 3 is 2.29 bits per heavy atom. The smallest absolute Gasteiger partial charge is 0.248 e. The molecular weight excluding hydrogens is 354 g/mol. The van der Waals surface area contributed by atoms with E-state index in [0.29, 0.717) is 44.3 Å². The van der Waals surface area contributed by atoms with E-state index in [1.54, 1.807) is 11.8 Å². The molecule has 28 heavy (non-hydrogen) atoms. The molecule has 1 amide bonds. The van der Waals surface area contributed by atoms with Gasteiger partial charge in [-0.1, -0.05) is 5.92 Å². The van der Waals surface area contributed by atoms with Crippen molar-refractivity contribution < 1.29 is 19.8 Å². The number of Topliss-reactive ketones (excluding diaryl/α,β-unsaturated/α-hetero) is 1. The monoisotopic (exact) mass is 381 g/mol. The predicted molar refractivity (Wildman–Crippen MR) is 108 cm³/mol. The van der Waals surface area contributed by atoms with E-state index in [4.69, 9.17) is 5.11 Å². The molecule has 148 valence electrons. The second kappa shape index (κ2) is 7.81. The molecule has 1 fully saturated rings. The summed E-state index contributed by atoms with van der Waals surface area (Å²) < 4.78 is 0. The summed E-state index contributed by atoms with van der Waals surface area (Å²) in [5.41, 5.74) is 3.73. The molecule has 0 atom stereocenters. The van der Waals surface area contributed by atoms with Crippen LogP contribution >= 0.6 is 0 Å². The van der Waals surface area contributed by atoms with Crippen molar-refractivity contribution in [1.29, 1.82) is 0 Å². The number of nitrogens with zero attached hydrogens (tertiary/aromatic N) is 1. The van der Waals surface area contributed by atoms with Gasteiger partial charge in [0, 0.05) is 31.5 Å². The lowest BCUT2D eigenvalue weighted by atomic mass is 9.66. The highest BCUT2D eigenvalue weighted by Crippen LogP contribution is 2.47. The third-order valence-corrected chi connectivity index (χ3v) is 6.01. The molecule has 2 aliphatic rings. The quantitative estimate of drug-likeness (QED) is 0.772. The van der Waals surface area contributed by atoms with Crippen molar-refractivity contribution in [2.45, 2.75) is 46.5 Å². The molecule has 5 nitrogen and oxygen atoms in total. The van der Waals surface area contributed by atoms with Crippen molar-refractivity contribution in [2.24, 2.45) is 5.41 Å². The van der Waals surface area contributed by atoms with Crippen LogP contribution in [0.15, 0.2) is 17.9 Å². The van der Waals surface area contributed by atoms with Gasteiger partial charge in [-0.15, -0.1) is 5.92 Å². The predicted octanol–water partition coefficient (Wildman–Crippen LogP) is 2.91. The summed E-state index contributed by atoms with van der Waals surface area (Å²) in [5.74, 6) is 5.77. The van der Waals surface area contributed by atoms with E-state index in [1.807, 2.05) is 26.0 Å². The number of aryl methyl sites for hydroxylation is 2. The van der Waals surface area contributed by atoms with Crippen molar-refractivity contribution >= 4 is 17.3 Å².